The molecule has 11 nitrogen and oxygen atoms in total. The van der Waals surface area contributed by atoms with E-state index in [0.29, 0.717) is 12.3 Å². The van der Waals surface area contributed by atoms with Gasteiger partial charge in [0, 0.05) is 55.8 Å². The van der Waals surface area contributed by atoms with Crippen LogP contribution in [0.15, 0.2) is 73.6 Å². The molecule has 5 aromatic rings. The number of hydrogen-bond donors (Lipinski definition) is 1. The Balaban J connectivity index is 1.20. The molecule has 41 heavy (non-hydrogen) atoms. The maximum absolute atomic E-state index is 12.8. The molecule has 4 aromatic heterocycles. The second-order valence-electron chi connectivity index (χ2n) is 10.6. The summed E-state index contributed by atoms with van der Waals surface area (Å²) in [6.45, 7) is 4.19. The van der Waals surface area contributed by atoms with Crippen LogP contribution in [-0.4, -0.2) is 78.6 Å². The lowest BCUT2D eigenvalue weighted by molar-refractivity contribution is -0.127. The van der Waals surface area contributed by atoms with Crippen molar-refractivity contribution in [2.24, 2.45) is 0 Å². The Hall–Kier alpha value is -4.77. The standard InChI is InChI=1S/C30H33N9O2/c1-21-16-23(8-9-26(21)41-24-10-14-38-27(17-24)31-19-33-38)35-30-29-25(11-15-39(29)34-20-32-30)22-6-4-13-37(18-22)28(40)7-5-12-36(2)3/h5,7-11,14-17,19-20,22H,4,6,12-13,18H2,1-3H3,(H,32,34,35)/b7-5+/t22-/m0/s1. The molecule has 5 heterocycles. The van der Waals surface area contributed by atoms with Crippen LogP contribution < -0.4 is 10.1 Å². The molecule has 1 amide bonds. The molecule has 1 aliphatic heterocycles. The molecule has 1 atom stereocenters. The third-order valence-corrected chi connectivity index (χ3v) is 7.31. The Labute approximate surface area is 238 Å². The fraction of sp³-hybridized carbons (Fsp3) is 0.300. The second-order valence-corrected chi connectivity index (χ2v) is 10.6. The maximum atomic E-state index is 12.8. The van der Waals surface area contributed by atoms with E-state index in [-0.39, 0.29) is 11.8 Å². The maximum Gasteiger partial charge on any atom is 0.246 e. The van der Waals surface area contributed by atoms with E-state index in [1.54, 1.807) is 16.9 Å². The van der Waals surface area contributed by atoms with Gasteiger partial charge in [0.25, 0.3) is 0 Å². The lowest BCUT2D eigenvalue weighted by Gasteiger charge is -2.32. The number of benzene rings is 1. The van der Waals surface area contributed by atoms with Gasteiger partial charge in [0.2, 0.25) is 5.91 Å². The number of likely N-dealkylation sites (tertiary alicyclic amines) is 1. The number of aryl methyl sites for hydroxylation is 1. The molecular weight excluding hydrogens is 518 g/mol. The van der Waals surface area contributed by atoms with E-state index in [1.165, 1.54) is 6.33 Å². The number of carbonyl (C=O) groups is 1. The summed E-state index contributed by atoms with van der Waals surface area (Å²) in [5.74, 6) is 2.43. The third kappa shape index (κ3) is 5.75. The van der Waals surface area contributed by atoms with Gasteiger partial charge in [0.15, 0.2) is 11.5 Å². The Kier molecular flexibility index (Phi) is 7.34. The lowest BCUT2D eigenvalue weighted by atomic mass is 9.91. The fourth-order valence-electron chi connectivity index (χ4n) is 5.27. The van der Waals surface area contributed by atoms with Crippen molar-refractivity contribution >= 4 is 28.6 Å². The van der Waals surface area contributed by atoms with Crippen molar-refractivity contribution in [2.45, 2.75) is 25.7 Å². The fourth-order valence-corrected chi connectivity index (χ4v) is 5.27. The number of hydrogen-bond acceptors (Lipinski definition) is 8. The number of rotatable bonds is 8. The first-order valence-electron chi connectivity index (χ1n) is 13.7. The highest BCUT2D eigenvalue weighted by molar-refractivity contribution is 5.88. The summed E-state index contributed by atoms with van der Waals surface area (Å²) in [6, 6.07) is 11.8. The molecular formula is C30H33N9O2. The molecule has 0 spiro atoms. The van der Waals surface area contributed by atoms with Crippen LogP contribution in [0, 0.1) is 6.92 Å². The highest BCUT2D eigenvalue weighted by atomic mass is 16.5. The van der Waals surface area contributed by atoms with Crippen molar-refractivity contribution in [3.05, 3.63) is 84.7 Å². The average molecular weight is 552 g/mol. The predicted octanol–water partition coefficient (Wildman–Crippen LogP) is 4.44. The van der Waals surface area contributed by atoms with Crippen LogP contribution in [-0.2, 0) is 4.79 Å². The third-order valence-electron chi connectivity index (χ3n) is 7.31. The zero-order chi connectivity index (χ0) is 28.3. The summed E-state index contributed by atoms with van der Waals surface area (Å²) < 4.78 is 9.68. The summed E-state index contributed by atoms with van der Waals surface area (Å²) in [4.78, 5) is 25.6. The summed E-state index contributed by atoms with van der Waals surface area (Å²) in [5, 5.41) is 12.1. The topological polar surface area (TPSA) is 105 Å². The van der Waals surface area contributed by atoms with Gasteiger partial charge in [0.1, 0.15) is 29.7 Å². The minimum absolute atomic E-state index is 0.0637. The van der Waals surface area contributed by atoms with E-state index in [9.17, 15) is 4.79 Å². The number of fused-ring (bicyclic) bond motifs is 2. The molecule has 210 valence electrons. The molecule has 0 bridgehead atoms. The minimum Gasteiger partial charge on any atom is -0.457 e. The van der Waals surface area contributed by atoms with Crippen molar-refractivity contribution in [1.29, 1.82) is 0 Å². The van der Waals surface area contributed by atoms with Gasteiger partial charge in [-0.2, -0.15) is 10.2 Å². The summed E-state index contributed by atoms with van der Waals surface area (Å²) >= 11 is 0. The molecule has 1 aliphatic rings. The number of ether oxygens (including phenoxy) is 1. The summed E-state index contributed by atoms with van der Waals surface area (Å²) in [6.07, 6.45) is 12.4. The SMILES string of the molecule is Cc1cc(Nc2ncnn3ccc([C@H]4CCCN(C(=O)/C=C/CN(C)C)C4)c23)ccc1Oc1ccn2ncnc2c1. The van der Waals surface area contributed by atoms with Gasteiger partial charge < -0.3 is 19.9 Å². The van der Waals surface area contributed by atoms with Crippen LogP contribution in [0.25, 0.3) is 11.2 Å². The number of piperidine rings is 1. The number of amides is 1. The number of nitrogens with one attached hydrogen (secondary N) is 1. The van der Waals surface area contributed by atoms with Crippen LogP contribution in [0.5, 0.6) is 11.5 Å². The highest BCUT2D eigenvalue weighted by Gasteiger charge is 2.27. The van der Waals surface area contributed by atoms with Crippen molar-refractivity contribution in [2.75, 3.05) is 39.0 Å². The van der Waals surface area contributed by atoms with E-state index in [4.69, 9.17) is 4.74 Å². The summed E-state index contributed by atoms with van der Waals surface area (Å²) in [7, 11) is 3.98. The van der Waals surface area contributed by atoms with Gasteiger partial charge >= 0.3 is 0 Å². The Morgan fingerprint density at radius 2 is 1.93 bits per heavy atom. The van der Waals surface area contributed by atoms with Gasteiger partial charge in [-0.05, 0) is 75.3 Å². The van der Waals surface area contributed by atoms with Crippen molar-refractivity contribution in [3.63, 3.8) is 0 Å². The Morgan fingerprint density at radius 1 is 1.10 bits per heavy atom. The molecule has 11 heteroatoms. The van der Waals surface area contributed by atoms with Gasteiger partial charge in [-0.3, -0.25) is 4.79 Å². The minimum atomic E-state index is 0.0637. The van der Waals surface area contributed by atoms with Crippen LogP contribution >= 0.6 is 0 Å². The number of aromatic nitrogens is 6. The van der Waals surface area contributed by atoms with E-state index < -0.39 is 0 Å². The molecule has 0 unspecified atom stereocenters. The first-order valence-corrected chi connectivity index (χ1v) is 13.7. The molecule has 1 fully saturated rings. The van der Waals surface area contributed by atoms with Crippen LogP contribution in [0.2, 0.25) is 0 Å². The number of pyridine rings is 1. The molecule has 0 saturated carbocycles. The quantitative estimate of drug-likeness (QED) is 0.282. The number of anilines is 2. The first-order chi connectivity index (χ1) is 19.9. The van der Waals surface area contributed by atoms with Crippen molar-refractivity contribution < 1.29 is 9.53 Å². The van der Waals surface area contributed by atoms with Crippen LogP contribution in [0.1, 0.15) is 29.9 Å². The summed E-state index contributed by atoms with van der Waals surface area (Å²) in [5.41, 5.74) is 4.65. The van der Waals surface area contributed by atoms with Gasteiger partial charge in [-0.15, -0.1) is 0 Å². The lowest BCUT2D eigenvalue weighted by Crippen LogP contribution is -2.38. The largest absolute Gasteiger partial charge is 0.457 e. The molecule has 0 radical (unpaired) electrons. The molecule has 6 rings (SSSR count). The Morgan fingerprint density at radius 3 is 2.78 bits per heavy atom. The molecule has 1 aromatic carbocycles. The molecule has 0 aliphatic carbocycles. The van der Waals surface area contributed by atoms with Gasteiger partial charge in [-0.1, -0.05) is 6.08 Å². The number of carbonyl (C=O) groups excluding carboxylic acids is 1. The smallest absolute Gasteiger partial charge is 0.246 e. The number of likely N-dealkylation sites (N-methyl/N-ethyl adjacent to an activating group) is 1. The zero-order valence-corrected chi connectivity index (χ0v) is 23.4. The number of nitrogens with zero attached hydrogens (tertiary/aromatic N) is 8. The molecule has 1 saturated heterocycles. The van der Waals surface area contributed by atoms with Crippen molar-refractivity contribution in [3.8, 4) is 11.5 Å². The zero-order valence-electron chi connectivity index (χ0n) is 23.4. The van der Waals surface area contributed by atoms with Gasteiger partial charge in [-0.25, -0.2) is 19.0 Å². The van der Waals surface area contributed by atoms with Crippen molar-refractivity contribution in [1.82, 2.24) is 39.0 Å². The average Bonchev–Trinajstić information content (AvgIpc) is 3.62. The van der Waals surface area contributed by atoms with E-state index in [0.717, 1.165) is 65.5 Å². The van der Waals surface area contributed by atoms with Gasteiger partial charge in [0.05, 0.1) is 0 Å². The van der Waals surface area contributed by atoms with Crippen LogP contribution in [0.3, 0.4) is 0 Å². The monoisotopic (exact) mass is 551 g/mol. The predicted molar refractivity (Wildman–Crippen MR) is 157 cm³/mol. The Bertz CT molecular complexity index is 1720. The first kappa shape index (κ1) is 26.5. The highest BCUT2D eigenvalue weighted by Crippen LogP contribution is 2.34. The van der Waals surface area contributed by atoms with E-state index >= 15 is 0 Å². The van der Waals surface area contributed by atoms with E-state index in [1.807, 2.05) is 84.1 Å². The van der Waals surface area contributed by atoms with Crippen LogP contribution in [0.4, 0.5) is 11.5 Å². The molecule has 1 N–H and O–H groups in total. The second kappa shape index (κ2) is 11.4. The van der Waals surface area contributed by atoms with E-state index in [2.05, 4.69) is 31.5 Å². The normalized spacial score (nSPS) is 15.8.